The van der Waals surface area contributed by atoms with Crippen molar-refractivity contribution in [3.8, 4) is 5.75 Å². The molecule has 1 saturated carbocycles. The molecule has 0 atom stereocenters. The summed E-state index contributed by atoms with van der Waals surface area (Å²) in [5.74, 6) is 0.540. The minimum absolute atomic E-state index is 0.0624. The fraction of sp³-hybridized carbons (Fsp3) is 0.600. The van der Waals surface area contributed by atoms with Crippen molar-refractivity contribution in [2.24, 2.45) is 0 Å². The first-order chi connectivity index (χ1) is 10.1. The van der Waals surface area contributed by atoms with E-state index >= 15 is 0 Å². The standard InChI is InChI=1S/C15H23N3O3/c1-3-21-15-9-13(8-14(10-15)18(19)20)17-12-6-4-11(16-2)5-7-12/h8-12,16-17H,3-7H2,1-2H3. The summed E-state index contributed by atoms with van der Waals surface area (Å²) in [5, 5.41) is 17.7. The molecule has 116 valence electrons. The molecule has 0 unspecified atom stereocenters. The van der Waals surface area contributed by atoms with E-state index in [0.29, 0.717) is 24.4 Å². The molecule has 0 amide bonds. The molecule has 0 spiro atoms. The van der Waals surface area contributed by atoms with Gasteiger partial charge < -0.3 is 15.4 Å². The summed E-state index contributed by atoms with van der Waals surface area (Å²) in [5.41, 5.74) is 0.827. The Morgan fingerprint density at radius 3 is 2.48 bits per heavy atom. The zero-order valence-electron chi connectivity index (χ0n) is 12.6. The van der Waals surface area contributed by atoms with E-state index in [-0.39, 0.29) is 10.6 Å². The summed E-state index contributed by atoms with van der Waals surface area (Å²) in [4.78, 5) is 10.6. The minimum atomic E-state index is -0.383. The lowest BCUT2D eigenvalue weighted by Gasteiger charge is -2.29. The Morgan fingerprint density at radius 1 is 1.24 bits per heavy atom. The van der Waals surface area contributed by atoms with Gasteiger partial charge in [-0.05, 0) is 39.7 Å². The van der Waals surface area contributed by atoms with Gasteiger partial charge in [0, 0.05) is 29.9 Å². The number of nitro benzene ring substituents is 1. The van der Waals surface area contributed by atoms with Gasteiger partial charge in [0.15, 0.2) is 0 Å². The van der Waals surface area contributed by atoms with Crippen LogP contribution in [0.4, 0.5) is 11.4 Å². The summed E-state index contributed by atoms with van der Waals surface area (Å²) >= 11 is 0. The van der Waals surface area contributed by atoms with Gasteiger partial charge in [0.05, 0.1) is 17.6 Å². The molecule has 6 heteroatoms. The Morgan fingerprint density at radius 2 is 1.90 bits per heavy atom. The maximum atomic E-state index is 11.0. The quantitative estimate of drug-likeness (QED) is 0.623. The van der Waals surface area contributed by atoms with Crippen LogP contribution >= 0.6 is 0 Å². The average Bonchev–Trinajstić information content (AvgIpc) is 2.48. The number of rotatable bonds is 6. The largest absolute Gasteiger partial charge is 0.494 e. The van der Waals surface area contributed by atoms with Crippen LogP contribution < -0.4 is 15.4 Å². The van der Waals surface area contributed by atoms with Gasteiger partial charge in [-0.15, -0.1) is 0 Å². The zero-order valence-corrected chi connectivity index (χ0v) is 12.6. The molecule has 1 fully saturated rings. The maximum Gasteiger partial charge on any atom is 0.275 e. The first kappa shape index (κ1) is 15.6. The molecule has 0 heterocycles. The molecule has 2 rings (SSSR count). The van der Waals surface area contributed by atoms with Crippen molar-refractivity contribution < 1.29 is 9.66 Å². The van der Waals surface area contributed by atoms with Gasteiger partial charge in [-0.25, -0.2) is 0 Å². The number of hydrogen-bond donors (Lipinski definition) is 2. The molecule has 1 aliphatic carbocycles. The second kappa shape index (κ2) is 7.26. The third-order valence-electron chi connectivity index (χ3n) is 3.92. The van der Waals surface area contributed by atoms with Crippen LogP contribution in [-0.4, -0.2) is 30.7 Å². The van der Waals surface area contributed by atoms with Crippen molar-refractivity contribution in [1.82, 2.24) is 5.32 Å². The number of nitrogens with one attached hydrogen (secondary N) is 2. The van der Waals surface area contributed by atoms with Gasteiger partial charge in [-0.3, -0.25) is 10.1 Å². The number of nitro groups is 1. The molecule has 0 bridgehead atoms. The van der Waals surface area contributed by atoms with E-state index in [4.69, 9.17) is 4.74 Å². The lowest BCUT2D eigenvalue weighted by molar-refractivity contribution is -0.384. The number of hydrogen-bond acceptors (Lipinski definition) is 5. The van der Waals surface area contributed by atoms with Crippen LogP contribution in [0.15, 0.2) is 18.2 Å². The Kier molecular flexibility index (Phi) is 5.38. The van der Waals surface area contributed by atoms with Crippen molar-refractivity contribution in [3.63, 3.8) is 0 Å². The third-order valence-corrected chi connectivity index (χ3v) is 3.92. The molecule has 0 aromatic heterocycles. The highest BCUT2D eigenvalue weighted by Crippen LogP contribution is 2.29. The van der Waals surface area contributed by atoms with E-state index in [1.807, 2.05) is 20.0 Å². The topological polar surface area (TPSA) is 76.4 Å². The van der Waals surface area contributed by atoms with E-state index in [9.17, 15) is 10.1 Å². The number of anilines is 1. The molecule has 21 heavy (non-hydrogen) atoms. The lowest BCUT2D eigenvalue weighted by atomic mass is 9.91. The number of non-ortho nitro benzene ring substituents is 1. The van der Waals surface area contributed by atoms with Crippen molar-refractivity contribution in [2.45, 2.75) is 44.7 Å². The molecule has 0 aliphatic heterocycles. The van der Waals surface area contributed by atoms with Crippen LogP contribution in [0, 0.1) is 10.1 Å². The average molecular weight is 293 g/mol. The molecule has 6 nitrogen and oxygen atoms in total. The summed E-state index contributed by atoms with van der Waals surface area (Å²) in [6.45, 7) is 2.36. The van der Waals surface area contributed by atoms with Crippen molar-refractivity contribution >= 4 is 11.4 Å². The van der Waals surface area contributed by atoms with Crippen LogP contribution in [0.5, 0.6) is 5.75 Å². The molecule has 0 radical (unpaired) electrons. The van der Waals surface area contributed by atoms with Gasteiger partial charge in [0.25, 0.3) is 5.69 Å². The van der Waals surface area contributed by atoms with E-state index in [1.54, 1.807) is 6.07 Å². The number of benzene rings is 1. The monoisotopic (exact) mass is 293 g/mol. The lowest BCUT2D eigenvalue weighted by Crippen LogP contribution is -2.34. The first-order valence-corrected chi connectivity index (χ1v) is 7.48. The van der Waals surface area contributed by atoms with Crippen LogP contribution in [-0.2, 0) is 0 Å². The Labute approximate surface area is 125 Å². The van der Waals surface area contributed by atoms with Gasteiger partial charge in [-0.1, -0.05) is 0 Å². The minimum Gasteiger partial charge on any atom is -0.494 e. The SMILES string of the molecule is CCOc1cc(NC2CCC(NC)CC2)cc([N+](=O)[O-])c1. The van der Waals surface area contributed by atoms with Crippen LogP contribution in [0.3, 0.4) is 0 Å². The smallest absolute Gasteiger partial charge is 0.275 e. The van der Waals surface area contributed by atoms with Gasteiger partial charge in [0.2, 0.25) is 0 Å². The van der Waals surface area contributed by atoms with E-state index in [0.717, 1.165) is 31.4 Å². The predicted octanol–water partition coefficient (Wildman–Crippen LogP) is 2.94. The van der Waals surface area contributed by atoms with Gasteiger partial charge in [-0.2, -0.15) is 0 Å². The van der Waals surface area contributed by atoms with Crippen molar-refractivity contribution in [1.29, 1.82) is 0 Å². The molecule has 1 aromatic rings. The summed E-state index contributed by atoms with van der Waals surface area (Å²) in [6, 6.07) is 5.83. The summed E-state index contributed by atoms with van der Waals surface area (Å²) in [7, 11) is 1.99. The van der Waals surface area contributed by atoms with Crippen molar-refractivity contribution in [3.05, 3.63) is 28.3 Å². The zero-order chi connectivity index (χ0) is 15.2. The van der Waals surface area contributed by atoms with Crippen LogP contribution in [0.25, 0.3) is 0 Å². The third kappa shape index (κ3) is 4.32. The maximum absolute atomic E-state index is 11.0. The van der Waals surface area contributed by atoms with Crippen molar-refractivity contribution in [2.75, 3.05) is 19.0 Å². The molecule has 2 N–H and O–H groups in total. The Hall–Kier alpha value is -1.82. The summed E-state index contributed by atoms with van der Waals surface area (Å²) in [6.07, 6.45) is 4.39. The predicted molar refractivity (Wildman–Crippen MR) is 83.0 cm³/mol. The highest BCUT2D eigenvalue weighted by atomic mass is 16.6. The Balaban J connectivity index is 2.06. The second-order valence-electron chi connectivity index (χ2n) is 5.39. The van der Waals surface area contributed by atoms with E-state index in [2.05, 4.69) is 10.6 Å². The fourth-order valence-electron chi connectivity index (χ4n) is 2.78. The highest BCUT2D eigenvalue weighted by molar-refractivity contribution is 5.56. The number of ether oxygens (including phenoxy) is 1. The van der Waals surface area contributed by atoms with Crippen LogP contribution in [0.1, 0.15) is 32.6 Å². The molecular formula is C15H23N3O3. The highest BCUT2D eigenvalue weighted by Gasteiger charge is 2.20. The second-order valence-corrected chi connectivity index (χ2v) is 5.39. The first-order valence-electron chi connectivity index (χ1n) is 7.48. The van der Waals surface area contributed by atoms with Gasteiger partial charge in [0.1, 0.15) is 5.75 Å². The van der Waals surface area contributed by atoms with E-state index in [1.165, 1.54) is 6.07 Å². The molecule has 1 aliphatic rings. The Bertz CT molecular complexity index is 485. The molecule has 0 saturated heterocycles. The molecule has 1 aromatic carbocycles. The summed E-state index contributed by atoms with van der Waals surface area (Å²) < 4.78 is 5.41. The normalized spacial score (nSPS) is 21.8. The number of nitrogens with zero attached hydrogens (tertiary/aromatic N) is 1. The van der Waals surface area contributed by atoms with E-state index < -0.39 is 0 Å². The fourth-order valence-corrected chi connectivity index (χ4v) is 2.78. The van der Waals surface area contributed by atoms with Crippen LogP contribution in [0.2, 0.25) is 0 Å². The van der Waals surface area contributed by atoms with Gasteiger partial charge >= 0.3 is 0 Å². The molecular weight excluding hydrogens is 270 g/mol.